The lowest BCUT2D eigenvalue weighted by Gasteiger charge is -2.22. The second kappa shape index (κ2) is 7.56. The Hall–Kier alpha value is -0.846. The summed E-state index contributed by atoms with van der Waals surface area (Å²) in [6.07, 6.45) is 3.91. The number of aryl methyl sites for hydroxylation is 1. The molecule has 0 unspecified atom stereocenters. The van der Waals surface area contributed by atoms with Gasteiger partial charge in [0, 0.05) is 0 Å². The van der Waals surface area contributed by atoms with Crippen LogP contribution in [0, 0.1) is 0 Å². The SMILES string of the molecule is C=CC[Si]O[Si](C)(C)CCCc1ccccc1O. The van der Waals surface area contributed by atoms with Gasteiger partial charge in [-0.15, -0.1) is 6.58 Å². The van der Waals surface area contributed by atoms with E-state index in [1.165, 1.54) is 0 Å². The van der Waals surface area contributed by atoms with Crippen LogP contribution in [-0.2, 0) is 10.5 Å². The number of phenols is 1. The van der Waals surface area contributed by atoms with Crippen LogP contribution in [-0.4, -0.2) is 23.2 Å². The van der Waals surface area contributed by atoms with Crippen molar-refractivity contribution in [2.75, 3.05) is 0 Å². The van der Waals surface area contributed by atoms with Gasteiger partial charge in [-0.1, -0.05) is 24.3 Å². The van der Waals surface area contributed by atoms with E-state index in [1.54, 1.807) is 6.07 Å². The molecule has 0 atom stereocenters. The van der Waals surface area contributed by atoms with Gasteiger partial charge in [-0.3, -0.25) is 0 Å². The predicted molar refractivity (Wildman–Crippen MR) is 80.6 cm³/mol. The van der Waals surface area contributed by atoms with E-state index in [2.05, 4.69) is 19.7 Å². The molecule has 1 aromatic carbocycles. The monoisotopic (exact) mass is 278 g/mol. The van der Waals surface area contributed by atoms with Crippen molar-refractivity contribution < 1.29 is 9.22 Å². The molecule has 0 bridgehead atoms. The molecule has 2 radical (unpaired) electrons. The standard InChI is InChI=1S/C14H22O2Si2/c1-4-11-17-16-18(2,3)12-7-9-13-8-5-6-10-14(13)15/h4-6,8,10,15H,1,7,9,11-12H2,2-3H3. The van der Waals surface area contributed by atoms with Crippen LogP contribution in [0.2, 0.25) is 25.2 Å². The fraction of sp³-hybridized carbons (Fsp3) is 0.429. The highest BCUT2D eigenvalue weighted by molar-refractivity contribution is 6.75. The third-order valence-electron chi connectivity index (χ3n) is 2.79. The van der Waals surface area contributed by atoms with E-state index in [4.69, 9.17) is 4.12 Å². The quantitative estimate of drug-likeness (QED) is 0.445. The molecule has 1 rings (SSSR count). The van der Waals surface area contributed by atoms with Gasteiger partial charge in [0.2, 0.25) is 9.76 Å². The summed E-state index contributed by atoms with van der Waals surface area (Å²) in [4.78, 5) is 0. The Kier molecular flexibility index (Phi) is 6.39. The van der Waals surface area contributed by atoms with E-state index < -0.39 is 8.32 Å². The van der Waals surface area contributed by atoms with Crippen molar-refractivity contribution in [3.63, 3.8) is 0 Å². The maximum absolute atomic E-state index is 9.68. The molecule has 0 amide bonds. The van der Waals surface area contributed by atoms with E-state index in [9.17, 15) is 5.11 Å². The van der Waals surface area contributed by atoms with Gasteiger partial charge >= 0.3 is 0 Å². The minimum atomic E-state index is -1.53. The van der Waals surface area contributed by atoms with Gasteiger partial charge in [0.05, 0.1) is 0 Å². The highest BCUT2D eigenvalue weighted by Crippen LogP contribution is 2.21. The number of rotatable bonds is 8. The summed E-state index contributed by atoms with van der Waals surface area (Å²) in [5, 5.41) is 9.68. The Morgan fingerprint density at radius 3 is 2.78 bits per heavy atom. The molecule has 0 spiro atoms. The van der Waals surface area contributed by atoms with Gasteiger partial charge < -0.3 is 9.22 Å². The summed E-state index contributed by atoms with van der Waals surface area (Å²) in [5.41, 5.74) is 1.04. The van der Waals surface area contributed by atoms with Gasteiger partial charge in [-0.25, -0.2) is 0 Å². The molecule has 0 saturated heterocycles. The van der Waals surface area contributed by atoms with Gasteiger partial charge in [-0.2, -0.15) is 0 Å². The van der Waals surface area contributed by atoms with Crippen LogP contribution in [0.15, 0.2) is 36.9 Å². The highest BCUT2D eigenvalue weighted by atomic mass is 28.4. The van der Waals surface area contributed by atoms with Crippen LogP contribution in [0.25, 0.3) is 0 Å². The smallest absolute Gasteiger partial charge is 0.219 e. The van der Waals surface area contributed by atoms with Crippen molar-refractivity contribution in [2.24, 2.45) is 0 Å². The molecule has 0 heterocycles. The summed E-state index contributed by atoms with van der Waals surface area (Å²) in [6, 6.07) is 9.65. The van der Waals surface area contributed by atoms with E-state index in [-0.39, 0.29) is 0 Å². The fourth-order valence-corrected chi connectivity index (χ4v) is 5.22. The summed E-state index contributed by atoms with van der Waals surface area (Å²) in [5.74, 6) is 0.409. The zero-order valence-corrected chi connectivity index (χ0v) is 13.3. The van der Waals surface area contributed by atoms with Crippen LogP contribution in [0.4, 0.5) is 0 Å². The zero-order chi connectivity index (χ0) is 13.4. The number of phenolic OH excluding ortho intramolecular Hbond substituents is 1. The van der Waals surface area contributed by atoms with Gasteiger partial charge in [-0.05, 0) is 49.7 Å². The van der Waals surface area contributed by atoms with E-state index in [0.29, 0.717) is 15.5 Å². The molecule has 0 saturated carbocycles. The normalized spacial score (nSPS) is 11.4. The maximum Gasteiger partial charge on any atom is 0.219 e. The first-order valence-electron chi connectivity index (χ1n) is 6.34. The molecule has 0 fully saturated rings. The molecule has 1 aromatic rings. The van der Waals surface area contributed by atoms with Crippen LogP contribution in [0.3, 0.4) is 0 Å². The van der Waals surface area contributed by atoms with Crippen LogP contribution in [0.5, 0.6) is 5.75 Å². The third kappa shape index (κ3) is 5.66. The fourth-order valence-electron chi connectivity index (χ4n) is 1.77. The van der Waals surface area contributed by atoms with E-state index >= 15 is 0 Å². The largest absolute Gasteiger partial charge is 0.508 e. The first-order chi connectivity index (χ1) is 8.55. The summed E-state index contributed by atoms with van der Waals surface area (Å²) < 4.78 is 5.97. The molecule has 4 heteroatoms. The first-order valence-corrected chi connectivity index (χ1v) is 10.6. The van der Waals surface area contributed by atoms with E-state index in [0.717, 1.165) is 30.5 Å². The lowest BCUT2D eigenvalue weighted by Crippen LogP contribution is -2.31. The second-order valence-corrected chi connectivity index (χ2v) is 10.5. The summed E-state index contributed by atoms with van der Waals surface area (Å²) in [6.45, 7) is 8.22. The van der Waals surface area contributed by atoms with Crippen molar-refractivity contribution in [2.45, 2.75) is 38.0 Å². The van der Waals surface area contributed by atoms with Crippen molar-refractivity contribution in [3.05, 3.63) is 42.5 Å². The van der Waals surface area contributed by atoms with E-state index in [1.807, 2.05) is 24.3 Å². The van der Waals surface area contributed by atoms with Gasteiger partial charge in [0.25, 0.3) is 0 Å². The second-order valence-electron chi connectivity index (χ2n) is 4.98. The van der Waals surface area contributed by atoms with Crippen LogP contribution < -0.4 is 0 Å². The first kappa shape index (κ1) is 15.2. The molecule has 0 aliphatic heterocycles. The lowest BCUT2D eigenvalue weighted by atomic mass is 10.1. The minimum absolute atomic E-state index is 0.409. The Labute approximate surface area is 114 Å². The molecular formula is C14H22O2Si2. The number of allylic oxidation sites excluding steroid dienone is 1. The zero-order valence-electron chi connectivity index (χ0n) is 11.3. The molecule has 98 valence electrons. The van der Waals surface area contributed by atoms with Crippen molar-refractivity contribution >= 4 is 18.1 Å². The molecule has 18 heavy (non-hydrogen) atoms. The van der Waals surface area contributed by atoms with Gasteiger partial charge in [0.1, 0.15) is 5.75 Å². The summed E-state index contributed by atoms with van der Waals surface area (Å²) >= 11 is 0. The average molecular weight is 278 g/mol. The minimum Gasteiger partial charge on any atom is -0.508 e. The van der Waals surface area contributed by atoms with Crippen LogP contribution >= 0.6 is 0 Å². The van der Waals surface area contributed by atoms with Crippen molar-refractivity contribution in [1.82, 2.24) is 0 Å². The molecule has 0 aromatic heterocycles. The average Bonchev–Trinajstić information content (AvgIpc) is 2.32. The summed E-state index contributed by atoms with van der Waals surface area (Å²) in [7, 11) is -0.976. The van der Waals surface area contributed by atoms with Crippen LogP contribution in [0.1, 0.15) is 12.0 Å². The Bertz CT molecular complexity index is 378. The number of hydrogen-bond donors (Lipinski definition) is 1. The molecule has 0 aliphatic carbocycles. The number of benzene rings is 1. The number of para-hydroxylation sites is 1. The van der Waals surface area contributed by atoms with Crippen molar-refractivity contribution in [1.29, 1.82) is 0 Å². The topological polar surface area (TPSA) is 29.5 Å². The molecule has 2 nitrogen and oxygen atoms in total. The Balaban J connectivity index is 2.32. The number of hydrogen-bond acceptors (Lipinski definition) is 2. The molecular weight excluding hydrogens is 256 g/mol. The number of aromatic hydroxyl groups is 1. The van der Waals surface area contributed by atoms with Crippen molar-refractivity contribution in [3.8, 4) is 5.75 Å². The highest BCUT2D eigenvalue weighted by Gasteiger charge is 2.21. The third-order valence-corrected chi connectivity index (χ3v) is 7.59. The molecule has 0 aliphatic rings. The molecule has 1 N–H and O–H groups in total. The van der Waals surface area contributed by atoms with Gasteiger partial charge in [0.15, 0.2) is 8.32 Å². The maximum atomic E-state index is 9.68. The Morgan fingerprint density at radius 2 is 2.11 bits per heavy atom. The predicted octanol–water partition coefficient (Wildman–Crippen LogP) is 3.77. The lowest BCUT2D eigenvalue weighted by molar-refractivity contribution is 0.467. The Morgan fingerprint density at radius 1 is 1.39 bits per heavy atom.